The monoisotopic (exact) mass is 329 g/mol. The summed E-state index contributed by atoms with van der Waals surface area (Å²) in [6, 6.07) is 5.62. The Morgan fingerprint density at radius 3 is 2.67 bits per heavy atom. The van der Waals surface area contributed by atoms with Gasteiger partial charge in [-0.3, -0.25) is 4.79 Å². The van der Waals surface area contributed by atoms with E-state index in [0.29, 0.717) is 11.7 Å². The lowest BCUT2D eigenvalue weighted by molar-refractivity contribution is -0.128. The van der Waals surface area contributed by atoms with Crippen molar-refractivity contribution in [2.75, 3.05) is 27.3 Å². The molecule has 2 aliphatic rings. The van der Waals surface area contributed by atoms with Gasteiger partial charge >= 0.3 is 0 Å². The van der Waals surface area contributed by atoms with Crippen molar-refractivity contribution in [1.29, 1.82) is 0 Å². The Hall–Kier alpha value is -1.97. The predicted octanol–water partition coefficient (Wildman–Crippen LogP) is 3.76. The highest BCUT2D eigenvalue weighted by atomic mass is 16.5. The number of benzene rings is 1. The lowest BCUT2D eigenvalue weighted by Crippen LogP contribution is -2.44. The standard InChI is InChI=1S/C20H27NO3/c1-23-18-9-7-16(19(13-18)24-2)8-10-20(22)21-12-11-15-5-3-4-6-17(15)14-21/h7-10,13,15,17H,3-6,11-12,14H2,1-2H3/b10-8+/t15-,17-/m1/s1. The number of rotatable bonds is 4. The van der Waals surface area contributed by atoms with Gasteiger partial charge in [-0.25, -0.2) is 0 Å². The molecule has 4 nitrogen and oxygen atoms in total. The minimum atomic E-state index is 0.108. The Balaban J connectivity index is 1.65. The van der Waals surface area contributed by atoms with E-state index in [2.05, 4.69) is 0 Å². The third-order valence-corrected chi connectivity index (χ3v) is 5.45. The molecule has 0 radical (unpaired) electrons. The van der Waals surface area contributed by atoms with Gasteiger partial charge in [-0.2, -0.15) is 0 Å². The SMILES string of the molecule is COc1ccc(/C=C/C(=O)N2CC[C@H]3CCCC[C@@H]3C2)c(OC)c1. The maximum atomic E-state index is 12.5. The van der Waals surface area contributed by atoms with E-state index in [-0.39, 0.29) is 5.91 Å². The highest BCUT2D eigenvalue weighted by Gasteiger charge is 2.32. The Morgan fingerprint density at radius 2 is 1.92 bits per heavy atom. The van der Waals surface area contributed by atoms with E-state index in [9.17, 15) is 4.79 Å². The molecule has 0 unspecified atom stereocenters. The molecule has 1 aliphatic heterocycles. The van der Waals surface area contributed by atoms with Crippen molar-refractivity contribution >= 4 is 12.0 Å². The molecule has 2 atom stereocenters. The van der Waals surface area contributed by atoms with Crippen LogP contribution in [0.4, 0.5) is 0 Å². The Morgan fingerprint density at radius 1 is 1.12 bits per heavy atom. The van der Waals surface area contributed by atoms with E-state index in [1.54, 1.807) is 20.3 Å². The molecule has 1 amide bonds. The molecule has 0 spiro atoms. The number of nitrogens with zero attached hydrogens (tertiary/aromatic N) is 1. The molecule has 3 rings (SSSR count). The van der Waals surface area contributed by atoms with Gasteiger partial charge in [0.1, 0.15) is 11.5 Å². The first kappa shape index (κ1) is 16.9. The number of likely N-dealkylation sites (tertiary alicyclic amines) is 1. The van der Waals surface area contributed by atoms with Crippen molar-refractivity contribution in [3.05, 3.63) is 29.8 Å². The third-order valence-electron chi connectivity index (χ3n) is 5.45. The fourth-order valence-electron chi connectivity index (χ4n) is 4.02. The van der Waals surface area contributed by atoms with Crippen LogP contribution in [0.1, 0.15) is 37.7 Å². The first-order chi connectivity index (χ1) is 11.7. The molecule has 1 aromatic rings. The van der Waals surface area contributed by atoms with Crippen LogP contribution >= 0.6 is 0 Å². The average Bonchev–Trinajstić information content (AvgIpc) is 2.65. The molecule has 1 heterocycles. The minimum Gasteiger partial charge on any atom is -0.497 e. The van der Waals surface area contributed by atoms with Crippen LogP contribution in [0.5, 0.6) is 11.5 Å². The highest BCUT2D eigenvalue weighted by Crippen LogP contribution is 2.36. The Bertz CT molecular complexity index is 611. The van der Waals surface area contributed by atoms with Gasteiger partial charge < -0.3 is 14.4 Å². The van der Waals surface area contributed by atoms with Crippen molar-refractivity contribution in [3.8, 4) is 11.5 Å². The van der Waals surface area contributed by atoms with E-state index >= 15 is 0 Å². The van der Waals surface area contributed by atoms with Gasteiger partial charge in [0, 0.05) is 30.8 Å². The molecule has 1 aromatic carbocycles. The fraction of sp³-hybridized carbons (Fsp3) is 0.550. The van der Waals surface area contributed by atoms with E-state index in [0.717, 1.165) is 36.7 Å². The summed E-state index contributed by atoms with van der Waals surface area (Å²) < 4.78 is 10.6. The summed E-state index contributed by atoms with van der Waals surface area (Å²) in [6.07, 6.45) is 10.0. The smallest absolute Gasteiger partial charge is 0.246 e. The zero-order valence-electron chi connectivity index (χ0n) is 14.7. The third kappa shape index (κ3) is 3.74. The van der Waals surface area contributed by atoms with Crippen molar-refractivity contribution in [3.63, 3.8) is 0 Å². The van der Waals surface area contributed by atoms with Gasteiger partial charge in [-0.15, -0.1) is 0 Å². The van der Waals surface area contributed by atoms with Crippen LogP contribution in [0.15, 0.2) is 24.3 Å². The molecule has 130 valence electrons. The normalized spacial score (nSPS) is 23.8. The van der Waals surface area contributed by atoms with Crippen molar-refractivity contribution in [1.82, 2.24) is 4.90 Å². The molecule has 0 aromatic heterocycles. The number of carbonyl (C=O) groups excluding carboxylic acids is 1. The predicted molar refractivity (Wildman–Crippen MR) is 95.2 cm³/mol. The van der Waals surface area contributed by atoms with Crippen LogP contribution in [-0.4, -0.2) is 38.1 Å². The summed E-state index contributed by atoms with van der Waals surface area (Å²) in [6.45, 7) is 1.82. The fourth-order valence-corrected chi connectivity index (χ4v) is 4.02. The number of piperidine rings is 1. The largest absolute Gasteiger partial charge is 0.497 e. The summed E-state index contributed by atoms with van der Waals surface area (Å²) in [5.41, 5.74) is 0.888. The lowest BCUT2D eigenvalue weighted by atomic mass is 9.75. The lowest BCUT2D eigenvalue weighted by Gasteiger charge is -2.41. The maximum absolute atomic E-state index is 12.5. The second-order valence-corrected chi connectivity index (χ2v) is 6.82. The van der Waals surface area contributed by atoms with Crippen LogP contribution in [-0.2, 0) is 4.79 Å². The second-order valence-electron chi connectivity index (χ2n) is 6.82. The highest BCUT2D eigenvalue weighted by molar-refractivity contribution is 5.92. The first-order valence-corrected chi connectivity index (χ1v) is 8.90. The first-order valence-electron chi connectivity index (χ1n) is 8.90. The van der Waals surface area contributed by atoms with Gasteiger partial charge in [0.2, 0.25) is 5.91 Å². The number of carbonyl (C=O) groups is 1. The van der Waals surface area contributed by atoms with Gasteiger partial charge in [0.25, 0.3) is 0 Å². The molecular weight excluding hydrogens is 302 g/mol. The Labute approximate surface area is 144 Å². The summed E-state index contributed by atoms with van der Waals surface area (Å²) in [5, 5.41) is 0. The summed E-state index contributed by atoms with van der Waals surface area (Å²) in [7, 11) is 3.25. The molecule has 1 aliphatic carbocycles. The van der Waals surface area contributed by atoms with E-state index in [1.807, 2.05) is 29.2 Å². The van der Waals surface area contributed by atoms with Gasteiger partial charge in [-0.1, -0.05) is 19.3 Å². The van der Waals surface area contributed by atoms with Crippen LogP contribution in [0.2, 0.25) is 0 Å². The second kappa shape index (κ2) is 7.73. The van der Waals surface area contributed by atoms with Gasteiger partial charge in [-0.05, 0) is 42.9 Å². The van der Waals surface area contributed by atoms with Crippen LogP contribution in [0.3, 0.4) is 0 Å². The molecule has 1 saturated carbocycles. The molecule has 0 bridgehead atoms. The van der Waals surface area contributed by atoms with Crippen molar-refractivity contribution < 1.29 is 14.3 Å². The Kier molecular flexibility index (Phi) is 5.44. The number of fused-ring (bicyclic) bond motifs is 1. The van der Waals surface area contributed by atoms with Crippen LogP contribution < -0.4 is 9.47 Å². The number of hydrogen-bond donors (Lipinski definition) is 0. The van der Waals surface area contributed by atoms with Gasteiger partial charge in [0.05, 0.1) is 14.2 Å². The zero-order valence-corrected chi connectivity index (χ0v) is 14.7. The molecule has 1 saturated heterocycles. The molecule has 24 heavy (non-hydrogen) atoms. The average molecular weight is 329 g/mol. The maximum Gasteiger partial charge on any atom is 0.246 e. The zero-order chi connectivity index (χ0) is 16.9. The van der Waals surface area contributed by atoms with E-state index < -0.39 is 0 Å². The van der Waals surface area contributed by atoms with Crippen molar-refractivity contribution in [2.45, 2.75) is 32.1 Å². The van der Waals surface area contributed by atoms with Crippen LogP contribution in [0, 0.1) is 11.8 Å². The summed E-state index contributed by atoms with van der Waals surface area (Å²) in [5.74, 6) is 3.12. The molecular formula is C20H27NO3. The number of amides is 1. The molecule has 4 heteroatoms. The number of hydrogen-bond acceptors (Lipinski definition) is 3. The summed E-state index contributed by atoms with van der Waals surface area (Å²) in [4.78, 5) is 14.6. The minimum absolute atomic E-state index is 0.108. The quantitative estimate of drug-likeness (QED) is 0.790. The van der Waals surface area contributed by atoms with E-state index in [1.165, 1.54) is 25.7 Å². The van der Waals surface area contributed by atoms with Gasteiger partial charge in [0.15, 0.2) is 0 Å². The van der Waals surface area contributed by atoms with Crippen molar-refractivity contribution in [2.24, 2.45) is 11.8 Å². The number of methoxy groups -OCH3 is 2. The van der Waals surface area contributed by atoms with E-state index in [4.69, 9.17) is 9.47 Å². The molecule has 2 fully saturated rings. The topological polar surface area (TPSA) is 38.8 Å². The summed E-state index contributed by atoms with van der Waals surface area (Å²) >= 11 is 0. The molecule has 0 N–H and O–H groups in total. The van der Waals surface area contributed by atoms with Crippen LogP contribution in [0.25, 0.3) is 6.08 Å². The number of ether oxygens (including phenoxy) is 2.